The third kappa shape index (κ3) is 6.50. The number of carbonyl (C=O) groups is 2. The van der Waals surface area contributed by atoms with Gasteiger partial charge >= 0.3 is 7.60 Å². The van der Waals surface area contributed by atoms with Gasteiger partial charge in [0.1, 0.15) is 11.8 Å². The number of nitrogens with two attached hydrogens (primary N) is 1. The van der Waals surface area contributed by atoms with Crippen molar-refractivity contribution in [1.29, 1.82) is 0 Å². The predicted octanol–water partition coefficient (Wildman–Crippen LogP) is -0.299. The van der Waals surface area contributed by atoms with Crippen molar-refractivity contribution < 1.29 is 23.9 Å². The Labute approximate surface area is 134 Å². The van der Waals surface area contributed by atoms with Crippen LogP contribution in [0.3, 0.4) is 0 Å². The molecule has 1 aromatic carbocycles. The fraction of sp³-hybridized carbons (Fsp3) is 0.429. The third-order valence-corrected chi connectivity index (χ3v) is 4.32. The van der Waals surface area contributed by atoms with E-state index in [4.69, 9.17) is 15.5 Å². The van der Waals surface area contributed by atoms with Crippen LogP contribution >= 0.6 is 7.60 Å². The van der Waals surface area contributed by atoms with Crippen molar-refractivity contribution in [2.24, 2.45) is 5.73 Å². The number of hydrogen-bond acceptors (Lipinski definition) is 4. The molecule has 0 fully saturated rings. The maximum absolute atomic E-state index is 12.3. The molecule has 0 spiro atoms. The fourth-order valence-corrected chi connectivity index (χ4v) is 2.05. The first-order valence-electron chi connectivity index (χ1n) is 7.06. The van der Waals surface area contributed by atoms with Crippen LogP contribution in [-0.4, -0.2) is 39.5 Å². The lowest BCUT2D eigenvalue weighted by molar-refractivity contribution is -0.129. The van der Waals surface area contributed by atoms with Crippen LogP contribution in [0, 0.1) is 0 Å². The van der Waals surface area contributed by atoms with E-state index >= 15 is 0 Å². The highest BCUT2D eigenvalue weighted by Crippen LogP contribution is 2.39. The molecule has 0 radical (unpaired) electrons. The Bertz CT molecular complexity index is 587. The molecule has 0 heterocycles. The molecule has 0 aromatic heterocycles. The Balaban J connectivity index is 2.87. The van der Waals surface area contributed by atoms with Gasteiger partial charge in [0, 0.05) is 6.42 Å². The SMILES string of the molecule is CC(NC(=O)[C@@H](Cc1ccccc1)NC(=O)[C@H](C)N)P(=O)(O)O. The van der Waals surface area contributed by atoms with Gasteiger partial charge < -0.3 is 26.2 Å². The molecular formula is C14H22N3O5P. The van der Waals surface area contributed by atoms with Crippen molar-refractivity contribution in [3.8, 4) is 0 Å². The first-order valence-corrected chi connectivity index (χ1v) is 8.75. The van der Waals surface area contributed by atoms with Gasteiger partial charge in [-0.05, 0) is 19.4 Å². The number of amides is 2. The third-order valence-electron chi connectivity index (χ3n) is 3.18. The van der Waals surface area contributed by atoms with E-state index in [9.17, 15) is 14.2 Å². The summed E-state index contributed by atoms with van der Waals surface area (Å²) >= 11 is 0. The molecule has 6 N–H and O–H groups in total. The van der Waals surface area contributed by atoms with Gasteiger partial charge in [0.25, 0.3) is 0 Å². The van der Waals surface area contributed by atoms with Gasteiger partial charge in [0.15, 0.2) is 0 Å². The zero-order chi connectivity index (χ0) is 17.6. The molecule has 23 heavy (non-hydrogen) atoms. The van der Waals surface area contributed by atoms with Gasteiger partial charge in [-0.2, -0.15) is 0 Å². The summed E-state index contributed by atoms with van der Waals surface area (Å²) in [5.74, 6) is -2.55. The number of benzene rings is 1. The van der Waals surface area contributed by atoms with Gasteiger partial charge in [-0.15, -0.1) is 0 Å². The molecule has 2 amide bonds. The Morgan fingerprint density at radius 3 is 2.17 bits per heavy atom. The van der Waals surface area contributed by atoms with Crippen LogP contribution in [0.2, 0.25) is 0 Å². The van der Waals surface area contributed by atoms with Crippen LogP contribution in [0.1, 0.15) is 19.4 Å². The smallest absolute Gasteiger partial charge is 0.343 e. The Kier molecular flexibility index (Phi) is 6.90. The van der Waals surface area contributed by atoms with Crippen molar-refractivity contribution in [3.63, 3.8) is 0 Å². The lowest BCUT2D eigenvalue weighted by Gasteiger charge is -2.22. The first-order chi connectivity index (χ1) is 10.6. The lowest BCUT2D eigenvalue weighted by atomic mass is 10.0. The molecule has 0 aliphatic rings. The van der Waals surface area contributed by atoms with E-state index in [1.54, 1.807) is 24.3 Å². The summed E-state index contributed by atoms with van der Waals surface area (Å²) in [4.78, 5) is 42.1. The quantitative estimate of drug-likeness (QED) is 0.430. The molecule has 0 bridgehead atoms. The molecule has 128 valence electrons. The van der Waals surface area contributed by atoms with Crippen molar-refractivity contribution in [2.75, 3.05) is 0 Å². The van der Waals surface area contributed by atoms with Crippen LogP contribution in [0.25, 0.3) is 0 Å². The van der Waals surface area contributed by atoms with Gasteiger partial charge in [0.2, 0.25) is 11.8 Å². The number of carbonyl (C=O) groups excluding carboxylic acids is 2. The molecule has 1 rings (SSSR count). The van der Waals surface area contributed by atoms with Crippen molar-refractivity contribution in [2.45, 2.75) is 38.1 Å². The van der Waals surface area contributed by atoms with Crippen molar-refractivity contribution >= 4 is 19.4 Å². The molecule has 8 nitrogen and oxygen atoms in total. The largest absolute Gasteiger partial charge is 0.347 e. The average Bonchev–Trinajstić information content (AvgIpc) is 2.46. The minimum Gasteiger partial charge on any atom is -0.343 e. The van der Waals surface area contributed by atoms with Gasteiger partial charge in [-0.3, -0.25) is 14.2 Å². The second-order valence-electron chi connectivity index (χ2n) is 5.31. The van der Waals surface area contributed by atoms with Crippen LogP contribution in [0.5, 0.6) is 0 Å². The first kappa shape index (κ1) is 19.3. The normalized spacial score (nSPS) is 15.3. The molecule has 0 aliphatic heterocycles. The minimum absolute atomic E-state index is 0.180. The second kappa shape index (κ2) is 8.21. The Morgan fingerprint density at radius 2 is 1.70 bits per heavy atom. The summed E-state index contributed by atoms with van der Waals surface area (Å²) < 4.78 is 11.2. The van der Waals surface area contributed by atoms with E-state index in [0.29, 0.717) is 0 Å². The summed E-state index contributed by atoms with van der Waals surface area (Å²) in [7, 11) is -4.46. The number of rotatable bonds is 7. The summed E-state index contributed by atoms with van der Waals surface area (Å²) in [6, 6.07) is 7.17. The highest BCUT2D eigenvalue weighted by atomic mass is 31.2. The number of hydrogen-bond donors (Lipinski definition) is 5. The van der Waals surface area contributed by atoms with E-state index in [-0.39, 0.29) is 6.42 Å². The van der Waals surface area contributed by atoms with Crippen LogP contribution < -0.4 is 16.4 Å². The molecule has 9 heteroatoms. The van der Waals surface area contributed by atoms with Gasteiger partial charge in [-0.1, -0.05) is 30.3 Å². The monoisotopic (exact) mass is 343 g/mol. The van der Waals surface area contributed by atoms with Crippen molar-refractivity contribution in [1.82, 2.24) is 10.6 Å². The standard InChI is InChI=1S/C14H22N3O5P/c1-9(15)13(18)17-12(8-11-6-4-3-5-7-11)14(19)16-10(2)23(20,21)22/h3-7,9-10,12H,8,15H2,1-2H3,(H,16,19)(H,17,18)(H2,20,21,22)/t9-,10?,12+/m0/s1. The van der Waals surface area contributed by atoms with Crippen LogP contribution in [-0.2, 0) is 20.6 Å². The molecular weight excluding hydrogens is 321 g/mol. The Morgan fingerprint density at radius 1 is 1.13 bits per heavy atom. The highest BCUT2D eigenvalue weighted by molar-refractivity contribution is 7.52. The summed E-state index contributed by atoms with van der Waals surface area (Å²) in [6.45, 7) is 2.68. The predicted molar refractivity (Wildman–Crippen MR) is 85.4 cm³/mol. The van der Waals surface area contributed by atoms with E-state index < -0.39 is 37.3 Å². The number of nitrogens with one attached hydrogen (secondary N) is 2. The summed E-state index contributed by atoms with van der Waals surface area (Å²) in [5, 5.41) is 4.72. The zero-order valence-electron chi connectivity index (χ0n) is 13.0. The van der Waals surface area contributed by atoms with Gasteiger partial charge in [-0.25, -0.2) is 0 Å². The Hall–Kier alpha value is -1.73. The minimum atomic E-state index is -4.46. The van der Waals surface area contributed by atoms with Crippen LogP contribution in [0.15, 0.2) is 30.3 Å². The van der Waals surface area contributed by atoms with E-state index in [2.05, 4.69) is 10.6 Å². The van der Waals surface area contributed by atoms with Gasteiger partial charge in [0.05, 0.1) is 6.04 Å². The van der Waals surface area contributed by atoms with E-state index in [1.165, 1.54) is 13.8 Å². The zero-order valence-corrected chi connectivity index (χ0v) is 13.9. The lowest BCUT2D eigenvalue weighted by Crippen LogP contribution is -2.53. The molecule has 1 aromatic rings. The summed E-state index contributed by atoms with van der Waals surface area (Å²) in [5.41, 5.74) is 6.27. The van der Waals surface area contributed by atoms with E-state index in [0.717, 1.165) is 5.56 Å². The fourth-order valence-electron chi connectivity index (χ4n) is 1.75. The van der Waals surface area contributed by atoms with Crippen LogP contribution in [0.4, 0.5) is 0 Å². The molecule has 0 saturated heterocycles. The maximum atomic E-state index is 12.3. The summed E-state index contributed by atoms with van der Waals surface area (Å²) in [6.07, 6.45) is 0.180. The molecule has 1 unspecified atom stereocenters. The molecule has 3 atom stereocenters. The average molecular weight is 343 g/mol. The van der Waals surface area contributed by atoms with Crippen molar-refractivity contribution in [3.05, 3.63) is 35.9 Å². The second-order valence-corrected chi connectivity index (χ2v) is 7.27. The highest BCUT2D eigenvalue weighted by Gasteiger charge is 2.29. The molecule has 0 aliphatic carbocycles. The van der Waals surface area contributed by atoms with E-state index in [1.807, 2.05) is 6.07 Å². The topological polar surface area (TPSA) is 142 Å². The molecule has 0 saturated carbocycles. The maximum Gasteiger partial charge on any atom is 0.347 e.